The third-order valence-electron chi connectivity index (χ3n) is 8.62. The van der Waals surface area contributed by atoms with E-state index in [1.807, 2.05) is 37.3 Å². The second-order valence-electron chi connectivity index (χ2n) is 12.1. The van der Waals surface area contributed by atoms with Crippen molar-refractivity contribution in [1.82, 2.24) is 26.6 Å². The maximum absolute atomic E-state index is 13.6. The molecule has 43 heavy (non-hydrogen) atoms. The lowest BCUT2D eigenvalue weighted by Gasteiger charge is -2.28. The van der Waals surface area contributed by atoms with Crippen LogP contribution in [0.25, 0.3) is 0 Å². The van der Waals surface area contributed by atoms with Crippen LogP contribution < -0.4 is 26.6 Å². The molecule has 1 saturated heterocycles. The van der Waals surface area contributed by atoms with Crippen molar-refractivity contribution in [2.45, 2.75) is 108 Å². The molecule has 0 radical (unpaired) electrons. The van der Waals surface area contributed by atoms with Gasteiger partial charge in [-0.25, -0.2) is 0 Å². The molecular weight excluding hydrogens is 550 g/mol. The maximum atomic E-state index is 13.6. The van der Waals surface area contributed by atoms with Gasteiger partial charge in [0, 0.05) is 24.9 Å². The Bertz CT molecular complexity index is 1160. The summed E-state index contributed by atoms with van der Waals surface area (Å²) in [4.78, 5) is 78.0. The Morgan fingerprint density at radius 1 is 0.884 bits per heavy atom. The van der Waals surface area contributed by atoms with Gasteiger partial charge in [-0.15, -0.1) is 0 Å². The van der Waals surface area contributed by atoms with Gasteiger partial charge in [0.25, 0.3) is 5.91 Å². The molecule has 3 fully saturated rings. The minimum atomic E-state index is -1.19. The van der Waals surface area contributed by atoms with Crippen molar-refractivity contribution < 1.29 is 28.8 Å². The standard InChI is InChI=1S/C32H45N5O6/c1-2-8-24(30(41)36-25(19-22-17-18-33-29(22)40)28(39)32(43)34-23-14-15-23)35-31(42)27(21-11-6-7-12-21)37-26(38)16-13-20-9-4-3-5-10-20/h3-5,9-10,21-25,27H,2,6-8,11-19H2,1H3,(H,33,40)(H,34,43)(H,35,42)(H,36,41)(H,37,38)/t22-,24-,25-,27+/m0/s1. The smallest absolute Gasteiger partial charge is 0.289 e. The van der Waals surface area contributed by atoms with Gasteiger partial charge in [-0.2, -0.15) is 0 Å². The largest absolute Gasteiger partial charge is 0.356 e. The molecule has 0 unspecified atom stereocenters. The second kappa shape index (κ2) is 15.6. The highest BCUT2D eigenvalue weighted by Gasteiger charge is 2.38. The van der Waals surface area contributed by atoms with Gasteiger partial charge in [0.2, 0.25) is 29.4 Å². The summed E-state index contributed by atoms with van der Waals surface area (Å²) >= 11 is 0. The highest BCUT2D eigenvalue weighted by molar-refractivity contribution is 6.38. The van der Waals surface area contributed by atoms with Crippen LogP contribution in [0.2, 0.25) is 0 Å². The summed E-state index contributed by atoms with van der Waals surface area (Å²) in [6, 6.07) is 6.68. The summed E-state index contributed by atoms with van der Waals surface area (Å²) < 4.78 is 0. The first-order chi connectivity index (χ1) is 20.7. The Hall–Kier alpha value is -3.76. The summed E-state index contributed by atoms with van der Waals surface area (Å²) in [6.07, 6.45) is 7.31. The minimum absolute atomic E-state index is 0.00343. The average Bonchev–Trinajstić information content (AvgIpc) is 3.46. The first-order valence-corrected chi connectivity index (χ1v) is 15.8. The van der Waals surface area contributed by atoms with E-state index < -0.39 is 47.5 Å². The normalized spacial score (nSPS) is 20.4. The molecule has 234 valence electrons. The third-order valence-corrected chi connectivity index (χ3v) is 8.62. The molecule has 5 N–H and O–H groups in total. The molecule has 0 aromatic heterocycles. The first-order valence-electron chi connectivity index (χ1n) is 15.8. The minimum Gasteiger partial charge on any atom is -0.356 e. The van der Waals surface area contributed by atoms with E-state index in [0.717, 1.165) is 44.1 Å². The summed E-state index contributed by atoms with van der Waals surface area (Å²) in [5.41, 5.74) is 1.03. The quantitative estimate of drug-likeness (QED) is 0.182. The molecule has 11 heteroatoms. The van der Waals surface area contributed by atoms with Crippen molar-refractivity contribution in [2.75, 3.05) is 6.54 Å². The SMILES string of the molecule is CCC[C@H](NC(=O)[C@H](NC(=O)CCc1ccccc1)C1CCCC1)C(=O)N[C@@H](C[C@@H]1CCNC1=O)C(=O)C(=O)NC1CC1. The molecule has 1 aromatic carbocycles. The topological polar surface area (TPSA) is 163 Å². The summed E-state index contributed by atoms with van der Waals surface area (Å²) in [7, 11) is 0. The highest BCUT2D eigenvalue weighted by Crippen LogP contribution is 2.28. The number of carbonyl (C=O) groups excluding carboxylic acids is 6. The van der Waals surface area contributed by atoms with Crippen LogP contribution in [0.1, 0.15) is 83.1 Å². The number of hydrogen-bond donors (Lipinski definition) is 5. The van der Waals surface area contributed by atoms with Crippen molar-refractivity contribution in [3.05, 3.63) is 35.9 Å². The van der Waals surface area contributed by atoms with Crippen molar-refractivity contribution in [2.24, 2.45) is 11.8 Å². The molecule has 5 amide bonds. The molecule has 0 spiro atoms. The summed E-state index contributed by atoms with van der Waals surface area (Å²) in [5, 5.41) is 13.8. The fourth-order valence-corrected chi connectivity index (χ4v) is 5.96. The van der Waals surface area contributed by atoms with Crippen LogP contribution in [0.4, 0.5) is 0 Å². The molecule has 2 saturated carbocycles. The Morgan fingerprint density at radius 3 is 2.21 bits per heavy atom. The number of nitrogens with one attached hydrogen (secondary N) is 5. The number of carbonyl (C=O) groups is 6. The van der Waals surface area contributed by atoms with Crippen LogP contribution in [0.5, 0.6) is 0 Å². The lowest BCUT2D eigenvalue weighted by Crippen LogP contribution is -2.58. The molecule has 2 aliphatic carbocycles. The third kappa shape index (κ3) is 9.62. The Morgan fingerprint density at radius 2 is 1.58 bits per heavy atom. The lowest BCUT2D eigenvalue weighted by atomic mass is 9.94. The van der Waals surface area contributed by atoms with Crippen molar-refractivity contribution in [3.63, 3.8) is 0 Å². The molecule has 4 rings (SSSR count). The highest BCUT2D eigenvalue weighted by atomic mass is 16.2. The van der Waals surface area contributed by atoms with Crippen LogP contribution in [0.3, 0.4) is 0 Å². The molecule has 1 aromatic rings. The van der Waals surface area contributed by atoms with Gasteiger partial charge >= 0.3 is 0 Å². The van der Waals surface area contributed by atoms with Crippen LogP contribution in [-0.4, -0.2) is 66.0 Å². The van der Waals surface area contributed by atoms with E-state index in [1.165, 1.54) is 0 Å². The van der Waals surface area contributed by atoms with Crippen molar-refractivity contribution in [3.8, 4) is 0 Å². The van der Waals surface area contributed by atoms with Gasteiger partial charge in [0.15, 0.2) is 0 Å². The fourth-order valence-electron chi connectivity index (χ4n) is 5.96. The van der Waals surface area contributed by atoms with Gasteiger partial charge in [0.05, 0.1) is 6.04 Å². The summed E-state index contributed by atoms with van der Waals surface area (Å²) in [5.74, 6) is -3.57. The van der Waals surface area contributed by atoms with Crippen LogP contribution >= 0.6 is 0 Å². The van der Waals surface area contributed by atoms with E-state index >= 15 is 0 Å². The number of benzene rings is 1. The Labute approximate surface area is 253 Å². The van der Waals surface area contributed by atoms with Gasteiger partial charge in [-0.3, -0.25) is 28.8 Å². The first kappa shape index (κ1) is 32.2. The monoisotopic (exact) mass is 595 g/mol. The maximum Gasteiger partial charge on any atom is 0.289 e. The zero-order valence-electron chi connectivity index (χ0n) is 25.0. The predicted octanol–water partition coefficient (Wildman–Crippen LogP) is 1.44. The van der Waals surface area contributed by atoms with Gasteiger partial charge in [0.1, 0.15) is 12.1 Å². The lowest BCUT2D eigenvalue weighted by molar-refractivity contribution is -0.141. The number of amides is 5. The van der Waals surface area contributed by atoms with Crippen molar-refractivity contribution >= 4 is 35.3 Å². The van der Waals surface area contributed by atoms with E-state index in [9.17, 15) is 28.8 Å². The number of ketones is 1. The van der Waals surface area contributed by atoms with E-state index in [4.69, 9.17) is 0 Å². The number of Topliss-reactive ketones (excluding diaryl/α,β-unsaturated/α-hetero) is 1. The van der Waals surface area contributed by atoms with Gasteiger partial charge < -0.3 is 26.6 Å². The zero-order valence-corrected chi connectivity index (χ0v) is 25.0. The molecule has 1 aliphatic heterocycles. The number of rotatable bonds is 16. The van der Waals surface area contributed by atoms with Gasteiger partial charge in [-0.05, 0) is 62.8 Å². The van der Waals surface area contributed by atoms with Crippen LogP contribution in [0, 0.1) is 11.8 Å². The van der Waals surface area contributed by atoms with Crippen molar-refractivity contribution in [1.29, 1.82) is 0 Å². The van der Waals surface area contributed by atoms with E-state index in [-0.39, 0.29) is 36.6 Å². The Kier molecular flexibility index (Phi) is 11.7. The fraction of sp³-hybridized carbons (Fsp3) is 0.625. The predicted molar refractivity (Wildman–Crippen MR) is 159 cm³/mol. The molecule has 1 heterocycles. The second-order valence-corrected chi connectivity index (χ2v) is 12.1. The molecular formula is C32H45N5O6. The molecule has 3 aliphatic rings. The number of aryl methyl sites for hydroxylation is 1. The van der Waals surface area contributed by atoms with Crippen LogP contribution in [0.15, 0.2) is 30.3 Å². The van der Waals surface area contributed by atoms with E-state index in [0.29, 0.717) is 32.2 Å². The molecule has 0 bridgehead atoms. The van der Waals surface area contributed by atoms with Gasteiger partial charge in [-0.1, -0.05) is 56.5 Å². The molecule has 11 nitrogen and oxygen atoms in total. The molecule has 4 atom stereocenters. The van der Waals surface area contributed by atoms with E-state index in [2.05, 4.69) is 26.6 Å². The average molecular weight is 596 g/mol. The van der Waals surface area contributed by atoms with Crippen LogP contribution in [-0.2, 0) is 35.2 Å². The Balaban J connectivity index is 1.41. The number of hydrogen-bond acceptors (Lipinski definition) is 6. The zero-order chi connectivity index (χ0) is 30.8. The summed E-state index contributed by atoms with van der Waals surface area (Å²) in [6.45, 7) is 2.35. The van der Waals surface area contributed by atoms with E-state index in [1.54, 1.807) is 0 Å².